The van der Waals surface area contributed by atoms with Gasteiger partial charge in [0.1, 0.15) is 5.60 Å². The molecule has 1 saturated heterocycles. The molecule has 6 heteroatoms. The van der Waals surface area contributed by atoms with E-state index in [1.165, 1.54) is 6.26 Å². The van der Waals surface area contributed by atoms with Crippen LogP contribution in [0.2, 0.25) is 0 Å². The van der Waals surface area contributed by atoms with Gasteiger partial charge in [-0.3, -0.25) is 9.69 Å². The first-order chi connectivity index (χ1) is 10.7. The zero-order valence-corrected chi connectivity index (χ0v) is 14.4. The van der Waals surface area contributed by atoms with Gasteiger partial charge in [-0.1, -0.05) is 6.92 Å². The molecule has 2 rings (SSSR count). The van der Waals surface area contributed by atoms with E-state index >= 15 is 0 Å². The highest BCUT2D eigenvalue weighted by atomic mass is 16.6. The Morgan fingerprint density at radius 3 is 2.61 bits per heavy atom. The van der Waals surface area contributed by atoms with Crippen molar-refractivity contribution in [3.8, 4) is 0 Å². The van der Waals surface area contributed by atoms with Crippen molar-refractivity contribution in [2.24, 2.45) is 5.92 Å². The van der Waals surface area contributed by atoms with Gasteiger partial charge in [0.25, 0.3) is 0 Å². The van der Waals surface area contributed by atoms with Crippen LogP contribution >= 0.6 is 0 Å². The quantitative estimate of drug-likeness (QED) is 0.799. The first-order valence-corrected chi connectivity index (χ1v) is 7.87. The largest absolute Gasteiger partial charge is 0.461 e. The molecule has 0 aliphatic carbocycles. The van der Waals surface area contributed by atoms with Gasteiger partial charge >= 0.3 is 6.09 Å². The highest BCUT2D eigenvalue weighted by Crippen LogP contribution is 2.25. The van der Waals surface area contributed by atoms with Crippen molar-refractivity contribution in [1.82, 2.24) is 4.90 Å². The van der Waals surface area contributed by atoms with Crippen LogP contribution in [0.5, 0.6) is 0 Å². The fourth-order valence-corrected chi connectivity index (χ4v) is 2.68. The second-order valence-electron chi connectivity index (χ2n) is 6.97. The van der Waals surface area contributed by atoms with Gasteiger partial charge in [-0.2, -0.15) is 0 Å². The van der Waals surface area contributed by atoms with Crippen LogP contribution in [-0.4, -0.2) is 47.7 Å². The summed E-state index contributed by atoms with van der Waals surface area (Å²) >= 11 is 0. The summed E-state index contributed by atoms with van der Waals surface area (Å²) in [6.07, 6.45) is 1.04. The van der Waals surface area contributed by atoms with Gasteiger partial charge < -0.3 is 13.9 Å². The van der Waals surface area contributed by atoms with Crippen molar-refractivity contribution < 1.29 is 23.5 Å². The van der Waals surface area contributed by atoms with Crippen LogP contribution in [0, 0.1) is 5.92 Å². The molecule has 0 saturated carbocycles. The zero-order valence-electron chi connectivity index (χ0n) is 14.4. The van der Waals surface area contributed by atoms with E-state index in [1.54, 1.807) is 24.0 Å². The molecule has 3 unspecified atom stereocenters. The summed E-state index contributed by atoms with van der Waals surface area (Å²) in [5.74, 6) is -0.303. The fraction of sp³-hybridized carbons (Fsp3) is 0.647. The van der Waals surface area contributed by atoms with Crippen LogP contribution < -0.4 is 0 Å². The summed E-state index contributed by atoms with van der Waals surface area (Å²) in [4.78, 5) is 26.7. The van der Waals surface area contributed by atoms with Gasteiger partial charge in [-0.15, -0.1) is 0 Å². The van der Waals surface area contributed by atoms with E-state index in [2.05, 4.69) is 0 Å². The molecule has 128 valence electrons. The molecule has 2 heterocycles. The Labute approximate surface area is 136 Å². The van der Waals surface area contributed by atoms with Crippen molar-refractivity contribution >= 4 is 11.9 Å². The van der Waals surface area contributed by atoms with Gasteiger partial charge in [-0.05, 0) is 39.8 Å². The summed E-state index contributed by atoms with van der Waals surface area (Å²) in [6, 6.07) is 2.76. The summed E-state index contributed by atoms with van der Waals surface area (Å²) in [5.41, 5.74) is -0.589. The first kappa shape index (κ1) is 17.5. The molecule has 6 nitrogen and oxygen atoms in total. The van der Waals surface area contributed by atoms with Crippen molar-refractivity contribution in [1.29, 1.82) is 0 Å². The molecule has 1 aromatic heterocycles. The number of furan rings is 1. The van der Waals surface area contributed by atoms with Crippen molar-refractivity contribution in [3.05, 3.63) is 24.2 Å². The minimum Gasteiger partial charge on any atom is -0.461 e. The number of rotatable bonds is 3. The minimum absolute atomic E-state index is 0.147. The van der Waals surface area contributed by atoms with Crippen LogP contribution in [0.4, 0.5) is 4.79 Å². The van der Waals surface area contributed by atoms with Crippen LogP contribution in [0.1, 0.15) is 45.2 Å². The van der Waals surface area contributed by atoms with E-state index in [4.69, 9.17) is 13.9 Å². The Hall–Kier alpha value is -1.82. The summed E-state index contributed by atoms with van der Waals surface area (Å²) in [5, 5.41) is 0. The Morgan fingerprint density at radius 2 is 2.04 bits per heavy atom. The summed E-state index contributed by atoms with van der Waals surface area (Å²) in [6.45, 7) is 9.87. The number of amides is 1. The van der Waals surface area contributed by atoms with E-state index < -0.39 is 17.6 Å². The van der Waals surface area contributed by atoms with Crippen molar-refractivity contribution in [2.45, 2.75) is 52.3 Å². The lowest BCUT2D eigenvalue weighted by molar-refractivity contribution is -0.0654. The number of ether oxygens (including phenoxy) is 2. The first-order valence-electron chi connectivity index (χ1n) is 7.87. The molecular weight excluding hydrogens is 298 g/mol. The number of hydrogen-bond acceptors (Lipinski definition) is 5. The summed E-state index contributed by atoms with van der Waals surface area (Å²) < 4.78 is 16.2. The minimum atomic E-state index is -0.589. The maximum atomic E-state index is 12.6. The zero-order chi connectivity index (χ0) is 17.2. The molecule has 1 aliphatic rings. The second kappa shape index (κ2) is 6.74. The number of ketones is 1. The Bertz CT molecular complexity index is 546. The Kier molecular flexibility index (Phi) is 5.14. The van der Waals surface area contributed by atoms with Crippen LogP contribution in [0.3, 0.4) is 0 Å². The predicted octanol–water partition coefficient (Wildman–Crippen LogP) is 3.12. The Morgan fingerprint density at radius 1 is 1.35 bits per heavy atom. The standard InChI is InChI=1S/C17H25NO5/c1-11-9-21-10-13(18(11)16(20)23-17(3,4)5)12(2)15(19)14-7-6-8-22-14/h6-8,11-13H,9-10H2,1-5H3. The molecule has 1 aromatic rings. The van der Waals surface area contributed by atoms with Gasteiger partial charge in [0.15, 0.2) is 5.76 Å². The second-order valence-corrected chi connectivity index (χ2v) is 6.97. The number of Topliss-reactive ketones (excluding diaryl/α,β-unsaturated/α-hetero) is 1. The topological polar surface area (TPSA) is 69.0 Å². The maximum Gasteiger partial charge on any atom is 0.410 e. The molecule has 23 heavy (non-hydrogen) atoms. The van der Waals surface area contributed by atoms with Crippen LogP contribution in [-0.2, 0) is 9.47 Å². The Balaban J connectivity index is 2.19. The fourth-order valence-electron chi connectivity index (χ4n) is 2.68. The van der Waals surface area contributed by atoms with Crippen LogP contribution in [0.15, 0.2) is 22.8 Å². The highest BCUT2D eigenvalue weighted by molar-refractivity contribution is 5.95. The highest BCUT2D eigenvalue weighted by Gasteiger charge is 2.41. The number of carbonyl (C=O) groups is 2. The smallest absolute Gasteiger partial charge is 0.410 e. The molecule has 1 amide bonds. The van der Waals surface area contributed by atoms with E-state index in [0.717, 1.165) is 0 Å². The lowest BCUT2D eigenvalue weighted by atomic mass is 9.93. The molecule has 0 radical (unpaired) electrons. The van der Waals surface area contributed by atoms with E-state index in [0.29, 0.717) is 19.0 Å². The predicted molar refractivity (Wildman–Crippen MR) is 84.3 cm³/mol. The molecule has 0 aromatic carbocycles. The number of morpholine rings is 1. The molecular formula is C17H25NO5. The molecule has 0 spiro atoms. The third kappa shape index (κ3) is 4.13. The van der Waals surface area contributed by atoms with Crippen molar-refractivity contribution in [2.75, 3.05) is 13.2 Å². The molecule has 0 bridgehead atoms. The molecule has 3 atom stereocenters. The SMILES string of the molecule is CC(C(=O)c1ccco1)C1COCC(C)N1C(=O)OC(C)(C)C. The van der Waals surface area contributed by atoms with E-state index in [1.807, 2.05) is 27.7 Å². The third-order valence-corrected chi connectivity index (χ3v) is 3.84. The maximum absolute atomic E-state index is 12.6. The average Bonchev–Trinajstić information content (AvgIpc) is 2.97. The lowest BCUT2D eigenvalue weighted by Gasteiger charge is -2.42. The number of carbonyl (C=O) groups excluding carboxylic acids is 2. The van der Waals surface area contributed by atoms with Gasteiger partial charge in [0, 0.05) is 5.92 Å². The van der Waals surface area contributed by atoms with E-state index in [9.17, 15) is 9.59 Å². The monoisotopic (exact) mass is 323 g/mol. The number of hydrogen-bond donors (Lipinski definition) is 0. The van der Waals surface area contributed by atoms with E-state index in [-0.39, 0.29) is 17.9 Å². The lowest BCUT2D eigenvalue weighted by Crippen LogP contribution is -2.58. The van der Waals surface area contributed by atoms with Gasteiger partial charge in [-0.25, -0.2) is 4.79 Å². The van der Waals surface area contributed by atoms with Crippen molar-refractivity contribution in [3.63, 3.8) is 0 Å². The molecule has 1 fully saturated rings. The normalized spacial score (nSPS) is 23.4. The van der Waals surface area contributed by atoms with Gasteiger partial charge in [0.2, 0.25) is 5.78 Å². The van der Waals surface area contributed by atoms with Crippen LogP contribution in [0.25, 0.3) is 0 Å². The molecule has 1 aliphatic heterocycles. The molecule has 0 N–H and O–H groups in total. The average molecular weight is 323 g/mol. The summed E-state index contributed by atoms with van der Waals surface area (Å²) in [7, 11) is 0. The van der Waals surface area contributed by atoms with Gasteiger partial charge in [0.05, 0.1) is 31.6 Å². The number of nitrogens with zero attached hydrogens (tertiary/aromatic N) is 1. The third-order valence-electron chi connectivity index (χ3n) is 3.84.